The summed E-state index contributed by atoms with van der Waals surface area (Å²) in [6, 6.07) is 0. The van der Waals surface area contributed by atoms with Gasteiger partial charge in [-0.15, -0.1) is 0 Å². The highest BCUT2D eigenvalue weighted by Crippen LogP contribution is 2.31. The minimum atomic E-state index is -0.928. The smallest absolute Gasteiger partial charge is 0.358 e. The van der Waals surface area contributed by atoms with Crippen LogP contribution in [0, 0.1) is 10.1 Å². The van der Waals surface area contributed by atoms with Crippen LogP contribution in [0.3, 0.4) is 0 Å². The van der Waals surface area contributed by atoms with Crippen molar-refractivity contribution in [2.75, 3.05) is 0 Å². The summed E-state index contributed by atoms with van der Waals surface area (Å²) in [5.74, 6) is -0.281. The number of halogens is 2. The molecule has 1 heterocycles. The molecule has 0 saturated carbocycles. The van der Waals surface area contributed by atoms with Gasteiger partial charge < -0.3 is 14.7 Å². The molecular weight excluding hydrogens is 217 g/mol. The molecule has 0 atom stereocenters. The van der Waals surface area contributed by atoms with Crippen LogP contribution in [-0.2, 0) is 6.54 Å². The number of aromatic nitrogens is 2. The molecule has 0 fully saturated rings. The molecule has 0 radical (unpaired) electrons. The minimum absolute atomic E-state index is 0.232. The van der Waals surface area contributed by atoms with E-state index in [-0.39, 0.29) is 11.5 Å². The molecular formula is C6H7Cl2N3O2. The highest BCUT2D eigenvalue weighted by molar-refractivity contribution is 6.44. The maximum Gasteiger partial charge on any atom is 0.387 e. The van der Waals surface area contributed by atoms with E-state index in [1.54, 1.807) is 4.57 Å². The molecule has 1 aromatic rings. The Balaban J connectivity index is 3.22. The first kappa shape index (κ1) is 10.3. The van der Waals surface area contributed by atoms with Gasteiger partial charge in [0.25, 0.3) is 0 Å². The van der Waals surface area contributed by atoms with E-state index >= 15 is 0 Å². The van der Waals surface area contributed by atoms with Gasteiger partial charge in [0.1, 0.15) is 0 Å². The quantitative estimate of drug-likeness (QED) is 0.449. The molecule has 72 valence electrons. The monoisotopic (exact) mass is 223 g/mol. The Labute approximate surface area is 84.4 Å². The molecule has 0 amide bonds. The Hall–Kier alpha value is -0.810. The number of rotatable bonds is 3. The predicted octanol–water partition coefficient (Wildman–Crippen LogP) is 2.29. The Bertz CT molecular complexity index is 324. The van der Waals surface area contributed by atoms with Crippen LogP contribution in [0.5, 0.6) is 0 Å². The maximum atomic E-state index is 10.5. The third kappa shape index (κ3) is 1.92. The van der Waals surface area contributed by atoms with E-state index in [4.69, 9.17) is 23.2 Å². The lowest BCUT2D eigenvalue weighted by Crippen LogP contribution is -2.01. The molecule has 5 nitrogen and oxygen atoms in total. The average Bonchev–Trinajstić information content (AvgIpc) is 2.46. The van der Waals surface area contributed by atoms with E-state index < -0.39 is 9.76 Å². The highest BCUT2D eigenvalue weighted by Gasteiger charge is 2.25. The Morgan fingerprint density at radius 2 is 2.38 bits per heavy atom. The van der Waals surface area contributed by atoms with E-state index in [2.05, 4.69) is 4.98 Å². The van der Waals surface area contributed by atoms with Gasteiger partial charge in [0.15, 0.2) is 10.5 Å². The summed E-state index contributed by atoms with van der Waals surface area (Å²) in [4.78, 5) is 12.5. The molecule has 0 spiro atoms. The summed E-state index contributed by atoms with van der Waals surface area (Å²) >= 11 is 11.2. The second kappa shape index (κ2) is 3.93. The van der Waals surface area contributed by atoms with Crippen LogP contribution in [0.4, 0.5) is 5.82 Å². The highest BCUT2D eigenvalue weighted by atomic mass is 35.5. The van der Waals surface area contributed by atoms with E-state index in [0.717, 1.165) is 0 Å². The SMILES string of the molecule is CCn1cnc([N+](=O)[O-])c1C(Cl)Cl. The van der Waals surface area contributed by atoms with Gasteiger partial charge in [0.2, 0.25) is 6.33 Å². The van der Waals surface area contributed by atoms with Crippen LogP contribution in [0.25, 0.3) is 0 Å². The van der Waals surface area contributed by atoms with Crippen molar-refractivity contribution in [1.29, 1.82) is 0 Å². The average molecular weight is 224 g/mol. The molecule has 0 unspecified atom stereocenters. The molecule has 0 aliphatic heterocycles. The maximum absolute atomic E-state index is 10.5. The summed E-state index contributed by atoms with van der Waals surface area (Å²) < 4.78 is 1.54. The van der Waals surface area contributed by atoms with Gasteiger partial charge in [-0.2, -0.15) is 0 Å². The largest absolute Gasteiger partial charge is 0.387 e. The molecule has 0 aliphatic carbocycles. The third-order valence-electron chi connectivity index (χ3n) is 1.58. The van der Waals surface area contributed by atoms with Gasteiger partial charge in [-0.25, -0.2) is 0 Å². The Kier molecular flexibility index (Phi) is 3.11. The van der Waals surface area contributed by atoms with Gasteiger partial charge in [-0.05, 0) is 16.8 Å². The van der Waals surface area contributed by atoms with Crippen LogP contribution < -0.4 is 0 Å². The summed E-state index contributed by atoms with van der Waals surface area (Å²) in [5.41, 5.74) is 0.232. The van der Waals surface area contributed by atoms with Crippen molar-refractivity contribution in [2.24, 2.45) is 0 Å². The molecule has 7 heteroatoms. The molecule has 0 saturated heterocycles. The number of nitro groups is 1. The number of imidazole rings is 1. The Morgan fingerprint density at radius 1 is 1.77 bits per heavy atom. The zero-order chi connectivity index (χ0) is 10.0. The van der Waals surface area contributed by atoms with E-state index in [9.17, 15) is 10.1 Å². The molecule has 0 bridgehead atoms. The van der Waals surface area contributed by atoms with E-state index in [0.29, 0.717) is 6.54 Å². The van der Waals surface area contributed by atoms with Crippen LogP contribution >= 0.6 is 23.2 Å². The van der Waals surface area contributed by atoms with Crippen molar-refractivity contribution < 1.29 is 4.92 Å². The topological polar surface area (TPSA) is 61.0 Å². The number of hydrogen-bond donors (Lipinski definition) is 0. The Morgan fingerprint density at radius 3 is 2.77 bits per heavy atom. The lowest BCUT2D eigenvalue weighted by Gasteiger charge is -2.03. The zero-order valence-corrected chi connectivity index (χ0v) is 8.29. The molecule has 0 N–H and O–H groups in total. The van der Waals surface area contributed by atoms with Crippen molar-refractivity contribution in [2.45, 2.75) is 18.3 Å². The molecule has 0 aliphatic rings. The van der Waals surface area contributed by atoms with Gasteiger partial charge in [0.05, 0.1) is 0 Å². The number of alkyl halides is 2. The lowest BCUT2D eigenvalue weighted by molar-refractivity contribution is -0.390. The van der Waals surface area contributed by atoms with Crippen LogP contribution in [-0.4, -0.2) is 14.5 Å². The number of hydrogen-bond acceptors (Lipinski definition) is 3. The fourth-order valence-corrected chi connectivity index (χ4v) is 1.44. The fraction of sp³-hybridized carbons (Fsp3) is 0.500. The van der Waals surface area contributed by atoms with Crippen LogP contribution in [0.15, 0.2) is 6.33 Å². The molecule has 1 aromatic heterocycles. The standard InChI is InChI=1S/C6H7Cl2N3O2/c1-2-10-3-9-6(11(12)13)4(10)5(7)8/h3,5H,2H2,1H3. The van der Waals surface area contributed by atoms with E-state index in [1.807, 2.05) is 6.92 Å². The van der Waals surface area contributed by atoms with Gasteiger partial charge in [0, 0.05) is 6.54 Å². The fourth-order valence-electron chi connectivity index (χ4n) is 0.997. The normalized spacial score (nSPS) is 10.8. The first-order valence-corrected chi connectivity index (χ1v) is 4.42. The second-order valence-electron chi connectivity index (χ2n) is 2.30. The molecule has 0 aromatic carbocycles. The van der Waals surface area contributed by atoms with Crippen LogP contribution in [0.2, 0.25) is 0 Å². The summed E-state index contributed by atoms with van der Waals surface area (Å²) in [6.07, 6.45) is 1.35. The van der Waals surface area contributed by atoms with Gasteiger partial charge >= 0.3 is 5.82 Å². The third-order valence-corrected chi connectivity index (χ3v) is 1.99. The second-order valence-corrected chi connectivity index (χ2v) is 3.39. The number of nitrogens with zero attached hydrogens (tertiary/aromatic N) is 3. The van der Waals surface area contributed by atoms with Crippen LogP contribution in [0.1, 0.15) is 17.5 Å². The van der Waals surface area contributed by atoms with Gasteiger partial charge in [-0.3, -0.25) is 0 Å². The minimum Gasteiger partial charge on any atom is -0.358 e. The summed E-state index contributed by atoms with van der Waals surface area (Å²) in [7, 11) is 0. The van der Waals surface area contributed by atoms with Gasteiger partial charge in [-0.1, -0.05) is 23.2 Å². The van der Waals surface area contributed by atoms with Crippen molar-refractivity contribution in [3.63, 3.8) is 0 Å². The van der Waals surface area contributed by atoms with Crippen molar-refractivity contribution >= 4 is 29.0 Å². The van der Waals surface area contributed by atoms with Crippen molar-refractivity contribution in [1.82, 2.24) is 9.55 Å². The zero-order valence-electron chi connectivity index (χ0n) is 6.78. The first-order valence-electron chi connectivity index (χ1n) is 3.55. The predicted molar refractivity (Wildman–Crippen MR) is 49.0 cm³/mol. The number of aryl methyl sites for hydroxylation is 1. The first-order chi connectivity index (χ1) is 6.07. The summed E-state index contributed by atoms with van der Waals surface area (Å²) in [6.45, 7) is 2.37. The van der Waals surface area contributed by atoms with E-state index in [1.165, 1.54) is 6.33 Å². The van der Waals surface area contributed by atoms with Crippen molar-refractivity contribution in [3.05, 3.63) is 22.1 Å². The molecule has 1 rings (SSSR count). The van der Waals surface area contributed by atoms with Crippen molar-refractivity contribution in [3.8, 4) is 0 Å². The lowest BCUT2D eigenvalue weighted by atomic mass is 10.4. The molecule has 13 heavy (non-hydrogen) atoms. The summed E-state index contributed by atoms with van der Waals surface area (Å²) in [5, 5.41) is 10.5.